The molecule has 5 N–H and O–H groups in total. The lowest BCUT2D eigenvalue weighted by Gasteiger charge is -2.27. The van der Waals surface area contributed by atoms with Gasteiger partial charge in [0, 0.05) is 34.4 Å². The number of anilines is 4. The van der Waals surface area contributed by atoms with Crippen molar-refractivity contribution in [1.82, 2.24) is 25.6 Å². The maximum absolute atomic E-state index is 13.8. The molecule has 0 aliphatic heterocycles. The topological polar surface area (TPSA) is 176 Å². The van der Waals surface area contributed by atoms with Crippen LogP contribution in [0.4, 0.5) is 36.4 Å². The molecule has 1 heterocycles. The van der Waals surface area contributed by atoms with Crippen LogP contribution in [0.5, 0.6) is 6.01 Å². The Kier molecular flexibility index (Phi) is 11.2. The van der Waals surface area contributed by atoms with Crippen LogP contribution in [0, 0.1) is 29.6 Å². The van der Waals surface area contributed by atoms with Crippen molar-refractivity contribution in [2.45, 2.75) is 101 Å². The average molecular weight is 861 g/mol. The summed E-state index contributed by atoms with van der Waals surface area (Å²) in [6.45, 7) is -1.40. The minimum atomic E-state index is -4.62. The number of nitrogens with one attached hydrogen (secondary N) is 5. The van der Waals surface area contributed by atoms with Gasteiger partial charge in [-0.05, 0) is 136 Å². The van der Waals surface area contributed by atoms with Crippen molar-refractivity contribution in [3.05, 3.63) is 90.7 Å². The summed E-state index contributed by atoms with van der Waals surface area (Å²) in [7, 11) is 0. The zero-order chi connectivity index (χ0) is 42.5. The first-order chi connectivity index (χ1) is 29.3. The minimum Gasteiger partial charge on any atom is -0.454 e. The van der Waals surface area contributed by atoms with Gasteiger partial charge in [0.05, 0.1) is 11.2 Å². The number of carbonyl (C=O) groups is 2. The van der Waals surface area contributed by atoms with E-state index in [4.69, 9.17) is 16.3 Å². The number of aromatic nitrogens is 3. The van der Waals surface area contributed by atoms with E-state index in [1.54, 1.807) is 24.3 Å². The third kappa shape index (κ3) is 9.19. The molecule has 7 atom stereocenters. The van der Waals surface area contributed by atoms with Gasteiger partial charge in [-0.2, -0.15) is 28.1 Å². The van der Waals surface area contributed by atoms with Gasteiger partial charge < -0.3 is 31.3 Å². The lowest BCUT2D eigenvalue weighted by Crippen LogP contribution is -2.51. The summed E-state index contributed by atoms with van der Waals surface area (Å²) >= 11 is 6.08. The van der Waals surface area contributed by atoms with Gasteiger partial charge in [-0.25, -0.2) is 0 Å². The van der Waals surface area contributed by atoms with Crippen LogP contribution < -0.4 is 42.2 Å². The highest BCUT2D eigenvalue weighted by Crippen LogP contribution is 2.50. The molecule has 17 heteroatoms. The smallest absolute Gasteiger partial charge is 0.422 e. The molecule has 322 valence electrons. The van der Waals surface area contributed by atoms with Gasteiger partial charge in [0.1, 0.15) is 6.04 Å². The normalized spacial score (nSPS) is 25.0. The zero-order valence-electron chi connectivity index (χ0n) is 33.5. The summed E-state index contributed by atoms with van der Waals surface area (Å²) in [6.07, 6.45) is 6.59. The van der Waals surface area contributed by atoms with Crippen molar-refractivity contribution in [2.75, 3.05) is 29.1 Å². The first kappa shape index (κ1) is 41.1. The van der Waals surface area contributed by atoms with E-state index in [-0.39, 0.29) is 42.4 Å². The number of hydrogen-bond acceptors (Lipinski definition) is 11. The van der Waals surface area contributed by atoms with E-state index in [9.17, 15) is 32.3 Å². The number of fused-ring (bicyclic) bond motifs is 4. The second-order valence-corrected chi connectivity index (χ2v) is 18.2. The molecule has 0 spiro atoms. The van der Waals surface area contributed by atoms with Crippen LogP contribution in [0.25, 0.3) is 0 Å². The van der Waals surface area contributed by atoms with E-state index in [1.807, 2.05) is 12.1 Å². The number of hydrogen-bond donors (Lipinski definition) is 5. The van der Waals surface area contributed by atoms with Crippen LogP contribution in [-0.4, -0.2) is 58.2 Å². The Morgan fingerprint density at radius 2 is 1.56 bits per heavy atom. The second kappa shape index (κ2) is 16.6. The highest BCUT2D eigenvalue weighted by atomic mass is 35.5. The van der Waals surface area contributed by atoms with Gasteiger partial charge >= 0.3 is 12.2 Å². The van der Waals surface area contributed by atoms with Crippen LogP contribution in [0.3, 0.4) is 0 Å². The van der Waals surface area contributed by atoms with Crippen molar-refractivity contribution in [1.29, 1.82) is 0 Å². The van der Waals surface area contributed by atoms with Crippen LogP contribution in [0.2, 0.25) is 5.02 Å². The number of benzene rings is 2. The van der Waals surface area contributed by atoms with Crippen molar-refractivity contribution < 1.29 is 27.5 Å². The summed E-state index contributed by atoms with van der Waals surface area (Å²) in [5.41, 5.74) is 0.979. The van der Waals surface area contributed by atoms with Gasteiger partial charge in [-0.3, -0.25) is 19.2 Å². The predicted octanol–water partition coefficient (Wildman–Crippen LogP) is 6.79. The molecule has 5 aliphatic carbocycles. The largest absolute Gasteiger partial charge is 0.454 e. The van der Waals surface area contributed by atoms with Crippen molar-refractivity contribution >= 4 is 46.7 Å². The molecular formula is C44H48ClF3N8O5. The van der Waals surface area contributed by atoms with Crippen LogP contribution in [0.15, 0.2) is 58.1 Å². The standard InChI is InChI=1S/C44H48ClF3N8O5/c45-30-9-7-29(8-10-30)43(14-15-43)56-41-53-40(54-42(55-41)61-22-44(46,47)48)50-31-11-5-25(6-12-31)38(59)51-33(39(60)52-34-20-24-2-4-27(34)18-24)13-16-49-35-32(36(57)37(35)58)21-28-19-23-1-3-26(28)17-23/h5-12,23-24,26-28,33-34,49H,1-4,13-22H2,(H,51,59)(H,52,60)(H2,50,53,54,55,56)/t23-,24-,26+,27+,28?,33-,34+/m0/s1. The predicted molar refractivity (Wildman–Crippen MR) is 223 cm³/mol. The molecule has 2 amide bonds. The first-order valence-electron chi connectivity index (χ1n) is 21.3. The molecule has 4 aromatic rings. The molecule has 61 heavy (non-hydrogen) atoms. The van der Waals surface area contributed by atoms with Crippen LogP contribution in [0.1, 0.15) is 92.1 Å². The monoisotopic (exact) mass is 860 g/mol. The number of amides is 2. The summed E-state index contributed by atoms with van der Waals surface area (Å²) in [6, 6.07) is 12.0. The fourth-order valence-corrected chi connectivity index (χ4v) is 10.5. The third-order valence-corrected chi connectivity index (χ3v) is 13.9. The van der Waals surface area contributed by atoms with E-state index in [2.05, 4.69) is 41.5 Å². The molecule has 5 aliphatic rings. The molecule has 1 aromatic heterocycles. The fourth-order valence-electron chi connectivity index (χ4n) is 10.4. The van der Waals surface area contributed by atoms with Crippen molar-refractivity contribution in [2.24, 2.45) is 29.6 Å². The van der Waals surface area contributed by atoms with E-state index in [0.29, 0.717) is 52.1 Å². The second-order valence-electron chi connectivity index (χ2n) is 17.8. The van der Waals surface area contributed by atoms with E-state index in [0.717, 1.165) is 50.0 Å². The number of halogens is 4. The molecule has 9 rings (SSSR count). The van der Waals surface area contributed by atoms with Crippen molar-refractivity contribution in [3.8, 4) is 6.01 Å². The highest BCUT2D eigenvalue weighted by molar-refractivity contribution is 6.30. The molecule has 4 bridgehead atoms. The van der Waals surface area contributed by atoms with E-state index in [1.165, 1.54) is 37.8 Å². The number of ether oxygens (including phenoxy) is 1. The Morgan fingerprint density at radius 1 is 0.852 bits per heavy atom. The molecule has 5 fully saturated rings. The summed E-state index contributed by atoms with van der Waals surface area (Å²) in [5.74, 6) is 1.88. The molecule has 0 radical (unpaired) electrons. The van der Waals surface area contributed by atoms with Crippen LogP contribution in [-0.2, 0) is 16.8 Å². The van der Waals surface area contributed by atoms with Gasteiger partial charge in [-0.15, -0.1) is 0 Å². The molecule has 0 saturated heterocycles. The Hall–Kier alpha value is -5.25. The first-order valence-corrected chi connectivity index (χ1v) is 21.7. The van der Waals surface area contributed by atoms with Gasteiger partial charge in [-0.1, -0.05) is 36.6 Å². The van der Waals surface area contributed by atoms with Gasteiger partial charge in [0.25, 0.3) is 5.91 Å². The maximum atomic E-state index is 13.8. The summed E-state index contributed by atoms with van der Waals surface area (Å²) in [5, 5.41) is 16.0. The Morgan fingerprint density at radius 3 is 2.20 bits per heavy atom. The number of alkyl halides is 3. The number of nitrogens with zero attached hydrogens (tertiary/aromatic N) is 3. The Balaban J connectivity index is 0.866. The van der Waals surface area contributed by atoms with Crippen molar-refractivity contribution in [3.63, 3.8) is 0 Å². The Bertz CT molecular complexity index is 2350. The molecular weight excluding hydrogens is 813 g/mol. The number of rotatable bonds is 17. The van der Waals surface area contributed by atoms with E-state index >= 15 is 0 Å². The molecule has 13 nitrogen and oxygen atoms in total. The fraction of sp³-hybridized carbons (Fsp3) is 0.523. The maximum Gasteiger partial charge on any atom is 0.422 e. The average Bonchev–Trinajstić information content (AvgIpc) is 3.64. The van der Waals surface area contributed by atoms with Gasteiger partial charge in [0.2, 0.25) is 28.7 Å². The lowest BCUT2D eigenvalue weighted by molar-refractivity contribution is -0.154. The summed E-state index contributed by atoms with van der Waals surface area (Å²) < 4.78 is 44.2. The molecule has 1 unspecified atom stereocenters. The zero-order valence-corrected chi connectivity index (χ0v) is 34.2. The van der Waals surface area contributed by atoms with Gasteiger partial charge in [0.15, 0.2) is 6.61 Å². The Labute approximate surface area is 355 Å². The lowest BCUT2D eigenvalue weighted by atomic mass is 9.83. The SMILES string of the molecule is O=C(N[C@@H](CCNc1c(CC2C[C@H]3CC[C@@H]2C3)c(=O)c1=O)C(=O)N[C@@H]1C[C@H]2CC[C@@H]1C2)c1ccc(Nc2nc(NC3(c4ccc(Cl)cc4)CC3)nc(OCC(F)(F)F)n2)cc1. The third-order valence-electron chi connectivity index (χ3n) is 13.7. The molecule has 5 saturated carbocycles. The highest BCUT2D eigenvalue weighted by Gasteiger charge is 2.46. The quantitative estimate of drug-likeness (QED) is 0.0707. The summed E-state index contributed by atoms with van der Waals surface area (Å²) in [4.78, 5) is 65.3. The van der Waals surface area contributed by atoms with E-state index < -0.39 is 47.1 Å². The van der Waals surface area contributed by atoms with Crippen LogP contribution >= 0.6 is 11.6 Å². The molecule has 3 aromatic carbocycles. The number of carbonyl (C=O) groups excluding carboxylic acids is 2. The minimum absolute atomic E-state index is 0.00349.